The number of phosphoric ester groups is 1. The molecule has 2 aromatic rings. The summed E-state index contributed by atoms with van der Waals surface area (Å²) in [5, 5.41) is 18.5. The summed E-state index contributed by atoms with van der Waals surface area (Å²) in [6.45, 7) is 1.26. The second-order valence-corrected chi connectivity index (χ2v) is 10.6. The molecule has 3 rings (SSSR count). The maximum Gasteiger partial charge on any atom is 0.524 e. The Balaban J connectivity index is 1.71. The number of carbonyl (C=O) groups is 3. The zero-order chi connectivity index (χ0) is 27.7. The number of amides is 2. The number of nitrogens with one attached hydrogen (secondary N) is 2. The van der Waals surface area contributed by atoms with Crippen molar-refractivity contribution in [3.63, 3.8) is 0 Å². The van der Waals surface area contributed by atoms with Crippen LogP contribution < -0.4 is 15.2 Å². The highest BCUT2D eigenvalue weighted by Crippen LogP contribution is 2.37. The SMILES string of the molecule is CC(=O)N[C@@H](Cc1ccc(OP(=O)(O)O)cc1)C(=O)N[C@@H](CCC(=O)O)c1nc(CC2CCCCC2)no1. The molecule has 1 heterocycles. The summed E-state index contributed by atoms with van der Waals surface area (Å²) >= 11 is 0. The first-order valence-electron chi connectivity index (χ1n) is 12.4. The van der Waals surface area contributed by atoms with Crippen LogP contribution in [-0.2, 0) is 31.8 Å². The molecular formula is C24H33N4O9P. The molecule has 1 aromatic heterocycles. The van der Waals surface area contributed by atoms with E-state index >= 15 is 0 Å². The average molecular weight is 553 g/mol. The van der Waals surface area contributed by atoms with E-state index in [0.29, 0.717) is 23.7 Å². The lowest BCUT2D eigenvalue weighted by atomic mass is 9.87. The van der Waals surface area contributed by atoms with Crippen LogP contribution in [0.2, 0.25) is 0 Å². The molecular weight excluding hydrogens is 519 g/mol. The van der Waals surface area contributed by atoms with Crippen molar-refractivity contribution in [1.82, 2.24) is 20.8 Å². The van der Waals surface area contributed by atoms with E-state index in [-0.39, 0.29) is 30.9 Å². The average Bonchev–Trinajstić information content (AvgIpc) is 3.30. The number of aliphatic carboxylic acids is 1. The molecule has 1 fully saturated rings. The predicted octanol–water partition coefficient (Wildman–Crippen LogP) is 2.43. The number of hydrogen-bond donors (Lipinski definition) is 5. The lowest BCUT2D eigenvalue weighted by Crippen LogP contribution is -2.48. The molecule has 1 aliphatic rings. The lowest BCUT2D eigenvalue weighted by molar-refractivity contribution is -0.137. The number of phosphoric acid groups is 1. The molecule has 1 saturated carbocycles. The van der Waals surface area contributed by atoms with E-state index in [0.717, 1.165) is 25.7 Å². The third-order valence-corrected chi connectivity index (χ3v) is 6.67. The number of carboxylic acids is 1. The normalized spacial score (nSPS) is 15.9. The van der Waals surface area contributed by atoms with Gasteiger partial charge < -0.3 is 24.8 Å². The minimum atomic E-state index is -4.72. The largest absolute Gasteiger partial charge is 0.524 e. The van der Waals surface area contributed by atoms with Gasteiger partial charge in [-0.1, -0.05) is 49.4 Å². The smallest absolute Gasteiger partial charge is 0.481 e. The number of rotatable bonds is 13. The van der Waals surface area contributed by atoms with Gasteiger partial charge in [-0.3, -0.25) is 24.2 Å². The molecule has 0 radical (unpaired) electrons. The fourth-order valence-electron chi connectivity index (χ4n) is 4.45. The van der Waals surface area contributed by atoms with Gasteiger partial charge >= 0.3 is 13.8 Å². The van der Waals surface area contributed by atoms with Crippen molar-refractivity contribution in [3.05, 3.63) is 41.5 Å². The quantitative estimate of drug-likeness (QED) is 0.228. The Bertz CT molecular complexity index is 1140. The van der Waals surface area contributed by atoms with Crippen LogP contribution in [0.15, 0.2) is 28.8 Å². The van der Waals surface area contributed by atoms with Gasteiger partial charge in [-0.2, -0.15) is 4.98 Å². The van der Waals surface area contributed by atoms with Crippen LogP contribution in [0, 0.1) is 5.92 Å². The molecule has 1 aliphatic carbocycles. The van der Waals surface area contributed by atoms with E-state index in [4.69, 9.17) is 14.3 Å². The van der Waals surface area contributed by atoms with Crippen LogP contribution in [0.1, 0.15) is 75.2 Å². The van der Waals surface area contributed by atoms with Crippen molar-refractivity contribution >= 4 is 25.6 Å². The molecule has 14 heteroatoms. The van der Waals surface area contributed by atoms with Gasteiger partial charge in [0, 0.05) is 26.2 Å². The van der Waals surface area contributed by atoms with Crippen LogP contribution in [0.3, 0.4) is 0 Å². The zero-order valence-corrected chi connectivity index (χ0v) is 21.9. The highest BCUT2D eigenvalue weighted by Gasteiger charge is 2.28. The van der Waals surface area contributed by atoms with Gasteiger partial charge in [-0.15, -0.1) is 0 Å². The predicted molar refractivity (Wildman–Crippen MR) is 133 cm³/mol. The van der Waals surface area contributed by atoms with Gasteiger partial charge in [-0.05, 0) is 30.0 Å². The lowest BCUT2D eigenvalue weighted by Gasteiger charge is -2.21. The summed E-state index contributed by atoms with van der Waals surface area (Å²) < 4.78 is 20.9. The highest BCUT2D eigenvalue weighted by molar-refractivity contribution is 7.46. The fourth-order valence-corrected chi connectivity index (χ4v) is 4.85. The summed E-state index contributed by atoms with van der Waals surface area (Å²) in [4.78, 5) is 58.5. The molecule has 0 saturated heterocycles. The second-order valence-electron chi connectivity index (χ2n) is 9.43. The number of carbonyl (C=O) groups excluding carboxylic acids is 2. The number of carboxylic acid groups (broad SMARTS) is 1. The van der Waals surface area contributed by atoms with Crippen LogP contribution in [0.25, 0.3) is 0 Å². The van der Waals surface area contributed by atoms with Crippen LogP contribution in [-0.4, -0.2) is 48.9 Å². The third-order valence-electron chi connectivity index (χ3n) is 6.22. The summed E-state index contributed by atoms with van der Waals surface area (Å²) in [6, 6.07) is 3.77. The number of aromatic nitrogens is 2. The Morgan fingerprint density at radius 2 is 1.82 bits per heavy atom. The van der Waals surface area contributed by atoms with Crippen LogP contribution in [0.4, 0.5) is 0 Å². The summed E-state index contributed by atoms with van der Waals surface area (Å²) in [7, 11) is -4.72. The number of nitrogens with zero attached hydrogens (tertiary/aromatic N) is 2. The summed E-state index contributed by atoms with van der Waals surface area (Å²) in [5.41, 5.74) is 0.576. The topological polar surface area (TPSA) is 201 Å². The standard InChI is InChI=1S/C24H33N4O9P/c1-15(29)25-20(13-17-7-9-18(10-8-17)37-38(33,34)35)23(32)26-19(11-12-22(30)31)24-27-21(28-36-24)14-16-5-3-2-4-6-16/h7-10,16,19-20H,2-6,11-14H2,1H3,(H,25,29)(H,26,32)(H,30,31)(H2,33,34,35)/t19-,20-/m0/s1. The molecule has 0 spiro atoms. The molecule has 2 amide bonds. The Kier molecular flexibility index (Phi) is 10.4. The Morgan fingerprint density at radius 1 is 1.13 bits per heavy atom. The van der Waals surface area contributed by atoms with Gasteiger partial charge in [0.15, 0.2) is 5.82 Å². The van der Waals surface area contributed by atoms with E-state index in [1.54, 1.807) is 0 Å². The van der Waals surface area contributed by atoms with Crippen molar-refractivity contribution in [1.29, 1.82) is 0 Å². The van der Waals surface area contributed by atoms with Gasteiger partial charge in [0.25, 0.3) is 0 Å². The monoisotopic (exact) mass is 552 g/mol. The van der Waals surface area contributed by atoms with E-state index in [1.165, 1.54) is 37.6 Å². The highest BCUT2D eigenvalue weighted by atomic mass is 31.2. The second kappa shape index (κ2) is 13.5. The van der Waals surface area contributed by atoms with Gasteiger partial charge in [0.05, 0.1) is 0 Å². The Labute approximate surface area is 219 Å². The maximum atomic E-state index is 13.2. The molecule has 13 nitrogen and oxygen atoms in total. The number of hydrogen-bond acceptors (Lipinski definition) is 8. The van der Waals surface area contributed by atoms with Crippen molar-refractivity contribution < 1.29 is 42.9 Å². The molecule has 2 atom stereocenters. The van der Waals surface area contributed by atoms with Gasteiger partial charge in [0.1, 0.15) is 17.8 Å². The molecule has 38 heavy (non-hydrogen) atoms. The van der Waals surface area contributed by atoms with Crippen LogP contribution >= 0.6 is 7.82 Å². The van der Waals surface area contributed by atoms with Gasteiger partial charge in [-0.25, -0.2) is 4.57 Å². The maximum absolute atomic E-state index is 13.2. The minimum absolute atomic E-state index is 0.00728. The van der Waals surface area contributed by atoms with Crippen molar-refractivity contribution in [2.45, 2.75) is 76.8 Å². The first kappa shape index (κ1) is 29.3. The molecule has 0 unspecified atom stereocenters. The van der Waals surface area contributed by atoms with E-state index < -0.39 is 37.7 Å². The molecule has 208 valence electrons. The van der Waals surface area contributed by atoms with Crippen LogP contribution in [0.5, 0.6) is 5.75 Å². The van der Waals surface area contributed by atoms with E-state index in [2.05, 4.69) is 25.3 Å². The van der Waals surface area contributed by atoms with Crippen molar-refractivity contribution in [2.24, 2.45) is 5.92 Å². The molecule has 0 bridgehead atoms. The van der Waals surface area contributed by atoms with E-state index in [9.17, 15) is 24.1 Å². The Hall–Kier alpha value is -3.28. The minimum Gasteiger partial charge on any atom is -0.481 e. The van der Waals surface area contributed by atoms with Crippen molar-refractivity contribution in [3.8, 4) is 5.75 Å². The molecule has 0 aliphatic heterocycles. The third kappa shape index (κ3) is 9.88. The fraction of sp³-hybridized carbons (Fsp3) is 0.542. The molecule has 5 N–H and O–H groups in total. The summed E-state index contributed by atoms with van der Waals surface area (Å²) in [5.74, 6) is -1.08. The van der Waals surface area contributed by atoms with Gasteiger partial charge in [0.2, 0.25) is 17.7 Å². The molecule has 1 aromatic carbocycles. The van der Waals surface area contributed by atoms with E-state index in [1.807, 2.05) is 0 Å². The summed E-state index contributed by atoms with van der Waals surface area (Å²) in [6.07, 6.45) is 6.18. The number of benzene rings is 1. The van der Waals surface area contributed by atoms with Crippen molar-refractivity contribution in [2.75, 3.05) is 0 Å². The Morgan fingerprint density at radius 3 is 2.42 bits per heavy atom. The first-order chi connectivity index (χ1) is 18.0. The zero-order valence-electron chi connectivity index (χ0n) is 21.0. The first-order valence-corrected chi connectivity index (χ1v) is 14.0.